The summed E-state index contributed by atoms with van der Waals surface area (Å²) in [4.78, 5) is 23.3. The van der Waals surface area contributed by atoms with Crippen LogP contribution in [0.4, 0.5) is 11.4 Å². The molecule has 0 spiro atoms. The zero-order valence-electron chi connectivity index (χ0n) is 11.4. The molecular formula is C14H15N3O4. The molecule has 0 bridgehead atoms. The van der Waals surface area contributed by atoms with E-state index in [0.29, 0.717) is 0 Å². The average molecular weight is 289 g/mol. The zero-order chi connectivity index (χ0) is 15.4. The molecule has 0 amide bonds. The number of anilines is 1. The van der Waals surface area contributed by atoms with Crippen molar-refractivity contribution >= 4 is 17.3 Å². The summed E-state index contributed by atoms with van der Waals surface area (Å²) in [6.45, 7) is -0.280. The highest BCUT2D eigenvalue weighted by molar-refractivity contribution is 5.77. The second kappa shape index (κ2) is 6.22. The summed E-state index contributed by atoms with van der Waals surface area (Å²) >= 11 is 0. The summed E-state index contributed by atoms with van der Waals surface area (Å²) < 4.78 is 0. The fraction of sp³-hybridized carbons (Fsp3) is 0.429. The minimum Gasteiger partial charge on any atom is -0.480 e. The van der Waals surface area contributed by atoms with Crippen molar-refractivity contribution < 1.29 is 14.8 Å². The van der Waals surface area contributed by atoms with E-state index in [9.17, 15) is 14.9 Å². The number of hydrogen-bond donors (Lipinski definition) is 1. The van der Waals surface area contributed by atoms with Crippen LogP contribution in [0.1, 0.15) is 31.2 Å². The van der Waals surface area contributed by atoms with Gasteiger partial charge in [0.1, 0.15) is 12.2 Å². The smallest absolute Gasteiger partial charge is 0.323 e. The Hall–Kier alpha value is -2.62. The second-order valence-corrected chi connectivity index (χ2v) is 5.03. The molecule has 0 radical (unpaired) electrons. The first-order chi connectivity index (χ1) is 10.0. The Labute approximate surface area is 121 Å². The SMILES string of the molecule is N#Cc1ccc(N(CC(=O)O)C2CCCC2)c([N+](=O)[O-])c1. The first-order valence-corrected chi connectivity index (χ1v) is 6.70. The molecule has 0 heterocycles. The number of hydrogen-bond acceptors (Lipinski definition) is 5. The lowest BCUT2D eigenvalue weighted by Gasteiger charge is -2.29. The van der Waals surface area contributed by atoms with Crippen LogP contribution in [0.5, 0.6) is 0 Å². The molecule has 1 aliphatic rings. The maximum absolute atomic E-state index is 11.2. The maximum Gasteiger partial charge on any atom is 0.323 e. The number of aliphatic carboxylic acids is 1. The lowest BCUT2D eigenvalue weighted by atomic mass is 10.1. The van der Waals surface area contributed by atoms with E-state index in [2.05, 4.69) is 0 Å². The van der Waals surface area contributed by atoms with Crippen molar-refractivity contribution in [3.05, 3.63) is 33.9 Å². The van der Waals surface area contributed by atoms with Crippen LogP contribution in [0.3, 0.4) is 0 Å². The Morgan fingerprint density at radius 3 is 2.67 bits per heavy atom. The minimum atomic E-state index is -1.03. The summed E-state index contributed by atoms with van der Waals surface area (Å²) in [6.07, 6.45) is 3.63. The van der Waals surface area contributed by atoms with E-state index in [1.165, 1.54) is 18.2 Å². The van der Waals surface area contributed by atoms with Gasteiger partial charge in [-0.2, -0.15) is 5.26 Å². The molecule has 0 aliphatic heterocycles. The van der Waals surface area contributed by atoms with Gasteiger partial charge in [-0.1, -0.05) is 12.8 Å². The number of nitro benzene ring substituents is 1. The van der Waals surface area contributed by atoms with Gasteiger partial charge in [-0.25, -0.2) is 0 Å². The van der Waals surface area contributed by atoms with Crippen molar-refractivity contribution in [2.75, 3.05) is 11.4 Å². The van der Waals surface area contributed by atoms with E-state index in [0.717, 1.165) is 25.7 Å². The fourth-order valence-electron chi connectivity index (χ4n) is 2.75. The van der Waals surface area contributed by atoms with Crippen molar-refractivity contribution in [1.29, 1.82) is 5.26 Å². The van der Waals surface area contributed by atoms with Crippen LogP contribution in [-0.2, 0) is 4.79 Å². The number of nitrogens with zero attached hydrogens (tertiary/aromatic N) is 3. The highest BCUT2D eigenvalue weighted by atomic mass is 16.6. The van der Waals surface area contributed by atoms with E-state index in [1.54, 1.807) is 4.90 Å². The van der Waals surface area contributed by atoms with E-state index in [1.807, 2.05) is 6.07 Å². The van der Waals surface area contributed by atoms with Crippen molar-refractivity contribution in [3.63, 3.8) is 0 Å². The molecule has 1 aromatic carbocycles. The van der Waals surface area contributed by atoms with Crippen molar-refractivity contribution in [2.24, 2.45) is 0 Å². The summed E-state index contributed by atoms with van der Waals surface area (Å²) in [5.74, 6) is -1.03. The summed E-state index contributed by atoms with van der Waals surface area (Å²) in [7, 11) is 0. The Morgan fingerprint density at radius 2 is 2.14 bits per heavy atom. The Balaban J connectivity index is 2.45. The Kier molecular flexibility index (Phi) is 4.38. The first kappa shape index (κ1) is 14.8. The largest absolute Gasteiger partial charge is 0.480 e. The summed E-state index contributed by atoms with van der Waals surface area (Å²) in [5.41, 5.74) is 0.239. The molecule has 1 N–H and O–H groups in total. The third kappa shape index (κ3) is 3.28. The third-order valence-electron chi connectivity index (χ3n) is 3.68. The molecule has 7 heteroatoms. The van der Waals surface area contributed by atoms with Gasteiger partial charge in [0.25, 0.3) is 5.69 Å². The molecule has 1 aromatic rings. The minimum absolute atomic E-state index is 0.00673. The fourth-order valence-corrected chi connectivity index (χ4v) is 2.75. The van der Waals surface area contributed by atoms with Gasteiger partial charge in [0.2, 0.25) is 0 Å². The topological polar surface area (TPSA) is 107 Å². The van der Waals surface area contributed by atoms with Crippen molar-refractivity contribution in [1.82, 2.24) is 0 Å². The second-order valence-electron chi connectivity index (χ2n) is 5.03. The quantitative estimate of drug-likeness (QED) is 0.658. The van der Waals surface area contributed by atoms with Crippen LogP contribution >= 0.6 is 0 Å². The molecule has 0 saturated heterocycles. The molecule has 1 aliphatic carbocycles. The van der Waals surface area contributed by atoms with Gasteiger partial charge in [-0.05, 0) is 25.0 Å². The van der Waals surface area contributed by atoms with Gasteiger partial charge in [-0.3, -0.25) is 14.9 Å². The Bertz CT molecular complexity index is 603. The average Bonchev–Trinajstić information content (AvgIpc) is 2.98. The van der Waals surface area contributed by atoms with Gasteiger partial charge < -0.3 is 10.0 Å². The van der Waals surface area contributed by atoms with Gasteiger partial charge in [0, 0.05) is 12.1 Å². The van der Waals surface area contributed by atoms with Gasteiger partial charge in [-0.15, -0.1) is 0 Å². The highest BCUT2D eigenvalue weighted by Crippen LogP contribution is 2.34. The van der Waals surface area contributed by atoms with E-state index in [-0.39, 0.29) is 29.5 Å². The molecule has 1 saturated carbocycles. The van der Waals surface area contributed by atoms with Crippen molar-refractivity contribution in [2.45, 2.75) is 31.7 Å². The highest BCUT2D eigenvalue weighted by Gasteiger charge is 2.29. The number of benzene rings is 1. The Morgan fingerprint density at radius 1 is 1.48 bits per heavy atom. The van der Waals surface area contributed by atoms with Crippen LogP contribution in [0.2, 0.25) is 0 Å². The lowest BCUT2D eigenvalue weighted by molar-refractivity contribution is -0.384. The molecule has 0 atom stereocenters. The molecule has 110 valence electrons. The molecule has 0 unspecified atom stereocenters. The predicted octanol–water partition coefficient (Wildman–Crippen LogP) is 2.30. The predicted molar refractivity (Wildman–Crippen MR) is 75.0 cm³/mol. The summed E-state index contributed by atoms with van der Waals surface area (Å²) in [5, 5.41) is 29.1. The standard InChI is InChI=1S/C14H15N3O4/c15-8-10-5-6-12(13(7-10)17(20)21)16(9-14(18)19)11-3-1-2-4-11/h5-7,11H,1-4,9H2,(H,18,19). The number of carbonyl (C=O) groups is 1. The first-order valence-electron chi connectivity index (χ1n) is 6.70. The molecule has 2 rings (SSSR count). The van der Waals surface area contributed by atoms with Gasteiger partial charge in [0.15, 0.2) is 0 Å². The zero-order valence-corrected chi connectivity index (χ0v) is 11.4. The monoisotopic (exact) mass is 289 g/mol. The lowest BCUT2D eigenvalue weighted by Crippen LogP contribution is -2.38. The number of nitro groups is 1. The van der Waals surface area contributed by atoms with Crippen LogP contribution in [-0.4, -0.2) is 28.6 Å². The molecule has 21 heavy (non-hydrogen) atoms. The number of carboxylic acids is 1. The van der Waals surface area contributed by atoms with Gasteiger partial charge >= 0.3 is 5.97 Å². The van der Waals surface area contributed by atoms with E-state index < -0.39 is 10.9 Å². The number of nitriles is 1. The van der Waals surface area contributed by atoms with Crippen molar-refractivity contribution in [3.8, 4) is 6.07 Å². The van der Waals surface area contributed by atoms with E-state index in [4.69, 9.17) is 10.4 Å². The molecule has 1 fully saturated rings. The van der Waals surface area contributed by atoms with Crippen LogP contribution < -0.4 is 4.90 Å². The molecule has 7 nitrogen and oxygen atoms in total. The van der Waals surface area contributed by atoms with Crippen LogP contribution in [0.25, 0.3) is 0 Å². The van der Waals surface area contributed by atoms with E-state index >= 15 is 0 Å². The third-order valence-corrected chi connectivity index (χ3v) is 3.68. The van der Waals surface area contributed by atoms with Crippen LogP contribution in [0, 0.1) is 21.4 Å². The summed E-state index contributed by atoms with van der Waals surface area (Å²) in [6, 6.07) is 5.99. The van der Waals surface area contributed by atoms with Gasteiger partial charge in [0.05, 0.1) is 16.6 Å². The number of rotatable bonds is 5. The molecular weight excluding hydrogens is 274 g/mol. The normalized spacial score (nSPS) is 14.6. The number of carboxylic acid groups (broad SMARTS) is 1. The van der Waals surface area contributed by atoms with Crippen LogP contribution in [0.15, 0.2) is 18.2 Å². The molecule has 0 aromatic heterocycles. The maximum atomic E-state index is 11.2.